The molecule has 0 aromatic carbocycles. The lowest BCUT2D eigenvalue weighted by atomic mass is 9.47. The van der Waals surface area contributed by atoms with Crippen LogP contribution in [-0.2, 0) is 4.79 Å². The summed E-state index contributed by atoms with van der Waals surface area (Å²) in [7, 11) is 0. The van der Waals surface area contributed by atoms with E-state index in [9.17, 15) is 4.79 Å². The molecule has 3 saturated carbocycles. The summed E-state index contributed by atoms with van der Waals surface area (Å²) in [6.45, 7) is 4.61. The Morgan fingerprint density at radius 1 is 1.17 bits per heavy atom. The van der Waals surface area contributed by atoms with Crippen LogP contribution < -0.4 is 0 Å². The summed E-state index contributed by atoms with van der Waals surface area (Å²) >= 11 is 1.66. The highest BCUT2D eigenvalue weighted by atomic mass is 32.2. The zero-order valence-corrected chi connectivity index (χ0v) is 16.4. The molecule has 24 heavy (non-hydrogen) atoms. The van der Waals surface area contributed by atoms with Gasteiger partial charge < -0.3 is 0 Å². The molecule has 4 aliphatic carbocycles. The van der Waals surface area contributed by atoms with Crippen molar-refractivity contribution in [2.75, 3.05) is 5.75 Å². The molecule has 0 aromatic rings. The first kappa shape index (κ1) is 17.2. The molecule has 3 fully saturated rings. The van der Waals surface area contributed by atoms with Crippen LogP contribution in [0.3, 0.4) is 0 Å². The lowest BCUT2D eigenvalue weighted by Crippen LogP contribution is -2.50. The third kappa shape index (κ3) is 2.63. The van der Waals surface area contributed by atoms with Gasteiger partial charge in [-0.05, 0) is 86.4 Å². The zero-order valence-electron chi connectivity index (χ0n) is 15.6. The lowest BCUT2D eigenvalue weighted by Gasteiger charge is -2.58. The Balaban J connectivity index is 1.56. The highest BCUT2D eigenvalue weighted by Gasteiger charge is 2.57. The number of carbonyl (C=O) groups is 1. The van der Waals surface area contributed by atoms with E-state index in [-0.39, 0.29) is 0 Å². The summed E-state index contributed by atoms with van der Waals surface area (Å²) < 4.78 is 0. The molecular weight excluding hydrogens is 312 g/mol. The molecule has 1 nitrogen and oxygen atoms in total. The Hall–Kier alpha value is -0.240. The Bertz CT molecular complexity index is 538. The molecule has 0 aromatic heterocycles. The van der Waals surface area contributed by atoms with Crippen molar-refractivity contribution in [2.45, 2.75) is 84.5 Å². The molecule has 0 unspecified atom stereocenters. The summed E-state index contributed by atoms with van der Waals surface area (Å²) in [6, 6.07) is 0. The van der Waals surface area contributed by atoms with E-state index in [1.807, 2.05) is 12.5 Å². The Morgan fingerprint density at radius 3 is 2.88 bits per heavy atom. The Labute approximate surface area is 152 Å². The summed E-state index contributed by atoms with van der Waals surface area (Å²) in [6.07, 6.45) is 17.3. The number of allylic oxidation sites excluding steroid dienone is 2. The van der Waals surface area contributed by atoms with Gasteiger partial charge in [-0.2, -0.15) is 0 Å². The minimum Gasteiger partial charge on any atom is -0.287 e. The van der Waals surface area contributed by atoms with Crippen LogP contribution in [0.1, 0.15) is 84.5 Å². The molecule has 0 amide bonds. The number of thioether (sulfide) groups is 1. The zero-order chi connectivity index (χ0) is 16.8. The molecule has 0 aliphatic heterocycles. The van der Waals surface area contributed by atoms with Crippen LogP contribution in [0, 0.1) is 28.6 Å². The highest BCUT2D eigenvalue weighted by Crippen LogP contribution is 2.66. The first-order chi connectivity index (χ1) is 11.6. The van der Waals surface area contributed by atoms with E-state index in [4.69, 9.17) is 0 Å². The van der Waals surface area contributed by atoms with Crippen molar-refractivity contribution in [3.63, 3.8) is 0 Å². The van der Waals surface area contributed by atoms with Gasteiger partial charge in [0.25, 0.3) is 0 Å². The molecule has 0 radical (unpaired) electrons. The van der Waals surface area contributed by atoms with E-state index >= 15 is 0 Å². The maximum absolute atomic E-state index is 11.9. The number of carbonyl (C=O) groups excluding carboxylic acids is 1. The standard InChI is InChI=1S/C22H34OS/c1-3-20(23)24-15-22-13-6-8-19(22)17-10-9-16-7-4-5-12-21(16,2)18(17)11-14-22/h7,17-19H,3-6,8-15H2,1-2H3/t17-,18+,19+,21+,22+/m1/s1. The molecule has 0 heterocycles. The second kappa shape index (κ2) is 6.49. The molecule has 0 N–H and O–H groups in total. The van der Waals surface area contributed by atoms with Gasteiger partial charge in [-0.1, -0.05) is 43.7 Å². The summed E-state index contributed by atoms with van der Waals surface area (Å²) in [4.78, 5) is 11.9. The van der Waals surface area contributed by atoms with Gasteiger partial charge in [0, 0.05) is 12.2 Å². The van der Waals surface area contributed by atoms with Crippen LogP contribution in [0.4, 0.5) is 0 Å². The fraction of sp³-hybridized carbons (Fsp3) is 0.864. The maximum Gasteiger partial charge on any atom is 0.188 e. The number of hydrogen-bond donors (Lipinski definition) is 0. The molecule has 2 heteroatoms. The van der Waals surface area contributed by atoms with Crippen LogP contribution in [0.25, 0.3) is 0 Å². The molecule has 134 valence electrons. The fourth-order valence-corrected chi connectivity index (χ4v) is 8.28. The van der Waals surface area contributed by atoms with Crippen molar-refractivity contribution < 1.29 is 4.79 Å². The minimum atomic E-state index is 0.408. The molecule has 0 spiro atoms. The molecule has 5 atom stereocenters. The predicted molar refractivity (Wildman–Crippen MR) is 103 cm³/mol. The molecule has 0 saturated heterocycles. The van der Waals surface area contributed by atoms with E-state index in [1.54, 1.807) is 11.8 Å². The van der Waals surface area contributed by atoms with Gasteiger partial charge in [0.1, 0.15) is 0 Å². The number of hydrogen-bond acceptors (Lipinski definition) is 2. The largest absolute Gasteiger partial charge is 0.287 e. The summed E-state index contributed by atoms with van der Waals surface area (Å²) in [5.41, 5.74) is 2.83. The van der Waals surface area contributed by atoms with Crippen molar-refractivity contribution in [1.82, 2.24) is 0 Å². The van der Waals surface area contributed by atoms with Crippen molar-refractivity contribution in [2.24, 2.45) is 28.6 Å². The van der Waals surface area contributed by atoms with Gasteiger partial charge in [0.05, 0.1) is 0 Å². The van der Waals surface area contributed by atoms with Crippen molar-refractivity contribution in [3.05, 3.63) is 11.6 Å². The third-order valence-electron chi connectivity index (χ3n) is 8.36. The van der Waals surface area contributed by atoms with Crippen molar-refractivity contribution >= 4 is 16.9 Å². The maximum atomic E-state index is 11.9. The van der Waals surface area contributed by atoms with Crippen molar-refractivity contribution in [3.8, 4) is 0 Å². The second-order valence-electron chi connectivity index (χ2n) is 9.26. The van der Waals surface area contributed by atoms with Gasteiger partial charge in [-0.15, -0.1) is 0 Å². The second-order valence-corrected chi connectivity index (χ2v) is 10.3. The molecule has 4 aliphatic rings. The average Bonchev–Trinajstić information content (AvgIpc) is 3.03. The van der Waals surface area contributed by atoms with E-state index in [0.717, 1.165) is 23.5 Å². The van der Waals surface area contributed by atoms with E-state index < -0.39 is 0 Å². The monoisotopic (exact) mass is 346 g/mol. The fourth-order valence-electron chi connectivity index (χ4n) is 7.13. The van der Waals surface area contributed by atoms with E-state index in [1.165, 1.54) is 64.2 Å². The topological polar surface area (TPSA) is 17.1 Å². The quantitative estimate of drug-likeness (QED) is 0.552. The minimum absolute atomic E-state index is 0.408. The lowest BCUT2D eigenvalue weighted by molar-refractivity contribution is -0.110. The molecular formula is C22H34OS. The molecule has 4 rings (SSSR count). The summed E-state index contributed by atoms with van der Waals surface area (Å²) in [5.74, 6) is 3.90. The van der Waals surface area contributed by atoms with Gasteiger partial charge in [0.2, 0.25) is 0 Å². The normalized spacial score (nSPS) is 44.2. The van der Waals surface area contributed by atoms with E-state index in [2.05, 4.69) is 13.0 Å². The van der Waals surface area contributed by atoms with Gasteiger partial charge >= 0.3 is 0 Å². The van der Waals surface area contributed by atoms with Gasteiger partial charge in [0.15, 0.2) is 5.12 Å². The number of rotatable bonds is 3. The Kier molecular flexibility index (Phi) is 4.65. The highest BCUT2D eigenvalue weighted by molar-refractivity contribution is 8.13. The third-order valence-corrected chi connectivity index (χ3v) is 9.69. The van der Waals surface area contributed by atoms with Crippen LogP contribution >= 0.6 is 11.8 Å². The molecule has 0 bridgehead atoms. The van der Waals surface area contributed by atoms with Crippen LogP contribution in [-0.4, -0.2) is 10.9 Å². The predicted octanol–water partition coefficient (Wildman–Crippen LogP) is 6.38. The average molecular weight is 347 g/mol. The number of fused-ring (bicyclic) bond motifs is 5. The SMILES string of the molecule is CCC(=O)SC[C@@]12CCC[C@H]1[C@@H]1CCC3=CCCC[C@]3(C)[C@H]1CC2. The van der Waals surface area contributed by atoms with Crippen LogP contribution in [0.2, 0.25) is 0 Å². The van der Waals surface area contributed by atoms with Crippen LogP contribution in [0.15, 0.2) is 11.6 Å². The van der Waals surface area contributed by atoms with Crippen LogP contribution in [0.5, 0.6) is 0 Å². The van der Waals surface area contributed by atoms with Gasteiger partial charge in [-0.3, -0.25) is 4.79 Å². The van der Waals surface area contributed by atoms with E-state index in [0.29, 0.717) is 22.4 Å². The van der Waals surface area contributed by atoms with Gasteiger partial charge in [-0.25, -0.2) is 0 Å². The first-order valence-electron chi connectivity index (χ1n) is 10.4. The smallest absolute Gasteiger partial charge is 0.188 e. The first-order valence-corrected chi connectivity index (χ1v) is 11.4. The van der Waals surface area contributed by atoms with Crippen molar-refractivity contribution in [1.29, 1.82) is 0 Å². The Morgan fingerprint density at radius 2 is 2.04 bits per heavy atom. The summed E-state index contributed by atoms with van der Waals surface area (Å²) in [5, 5.41) is 0.408.